The van der Waals surface area contributed by atoms with Gasteiger partial charge in [-0.15, -0.1) is 6.42 Å². The van der Waals surface area contributed by atoms with Crippen LogP contribution in [-0.2, 0) is 13.0 Å². The van der Waals surface area contributed by atoms with Crippen molar-refractivity contribution in [1.82, 2.24) is 4.98 Å². The van der Waals surface area contributed by atoms with E-state index in [-0.39, 0.29) is 12.4 Å². The first-order valence-corrected chi connectivity index (χ1v) is 7.23. The first-order valence-electron chi connectivity index (χ1n) is 7.23. The number of aromatic nitrogens is 1. The van der Waals surface area contributed by atoms with Gasteiger partial charge in [0.2, 0.25) is 0 Å². The summed E-state index contributed by atoms with van der Waals surface area (Å²) in [7, 11) is 0. The van der Waals surface area contributed by atoms with Crippen LogP contribution in [0, 0.1) is 32.0 Å². The summed E-state index contributed by atoms with van der Waals surface area (Å²) in [6.45, 7) is 5.54. The van der Waals surface area contributed by atoms with Gasteiger partial charge in [0.15, 0.2) is 0 Å². The molecule has 1 N–H and O–H groups in total. The van der Waals surface area contributed by atoms with Crippen LogP contribution in [0.1, 0.15) is 47.7 Å². The highest BCUT2D eigenvalue weighted by Gasteiger charge is 2.17. The Hall–Kier alpha value is -1.92. The minimum Gasteiger partial charge on any atom is -0.390 e. The summed E-state index contributed by atoms with van der Waals surface area (Å²) in [6.07, 6.45) is 8.33. The number of terminal acetylenes is 1. The van der Waals surface area contributed by atoms with Crippen LogP contribution in [0.5, 0.6) is 0 Å². The fraction of sp³-hybridized carbons (Fsp3) is 0.389. The van der Waals surface area contributed by atoms with E-state index < -0.39 is 0 Å². The van der Waals surface area contributed by atoms with E-state index in [1.54, 1.807) is 13.0 Å². The Kier molecular flexibility index (Phi) is 4.59. The summed E-state index contributed by atoms with van der Waals surface area (Å²) in [5.74, 6) is 2.30. The Morgan fingerprint density at radius 3 is 2.67 bits per heavy atom. The molecule has 0 aliphatic carbocycles. The average Bonchev–Trinajstić information content (AvgIpc) is 2.49. The third-order valence-electron chi connectivity index (χ3n) is 3.93. The number of nitrogens with zero attached hydrogens (tertiary/aromatic N) is 1. The highest BCUT2D eigenvalue weighted by Crippen LogP contribution is 2.30. The molecular formula is C18H20FNO. The van der Waals surface area contributed by atoms with Gasteiger partial charge in [0.25, 0.3) is 0 Å². The Labute approximate surface area is 125 Å². The number of rotatable bonds is 4. The molecule has 0 bridgehead atoms. The summed E-state index contributed by atoms with van der Waals surface area (Å²) < 4.78 is 14.5. The number of unbranched alkanes of at least 4 members (excludes halogenated alkanes) is 1. The number of fused-ring (bicyclic) bond motifs is 1. The number of hydrogen-bond donors (Lipinski definition) is 1. The molecule has 21 heavy (non-hydrogen) atoms. The summed E-state index contributed by atoms with van der Waals surface area (Å²) in [4.78, 5) is 4.45. The molecule has 0 saturated carbocycles. The first kappa shape index (κ1) is 15.5. The molecule has 0 amide bonds. The zero-order valence-corrected chi connectivity index (χ0v) is 12.8. The van der Waals surface area contributed by atoms with Gasteiger partial charge in [-0.2, -0.15) is 0 Å². The van der Waals surface area contributed by atoms with E-state index in [2.05, 4.69) is 17.8 Å². The van der Waals surface area contributed by atoms with Crippen molar-refractivity contribution in [3.8, 4) is 12.3 Å². The lowest BCUT2D eigenvalue weighted by atomic mass is 9.94. The van der Waals surface area contributed by atoms with Crippen LogP contribution in [0.2, 0.25) is 0 Å². The first-order chi connectivity index (χ1) is 10.0. The molecule has 0 spiro atoms. The molecule has 1 heterocycles. The molecule has 0 aliphatic heterocycles. The van der Waals surface area contributed by atoms with Gasteiger partial charge in [-0.1, -0.05) is 19.3 Å². The third kappa shape index (κ3) is 2.64. The van der Waals surface area contributed by atoms with Gasteiger partial charge < -0.3 is 5.11 Å². The largest absolute Gasteiger partial charge is 0.390 e. The second-order valence-electron chi connectivity index (χ2n) is 5.35. The Morgan fingerprint density at radius 1 is 1.38 bits per heavy atom. The SMILES string of the molecule is C#Cc1cc(C)c(F)c2c(C)c(CCCC)c(CO)nc12. The average molecular weight is 285 g/mol. The lowest BCUT2D eigenvalue weighted by Crippen LogP contribution is -2.06. The molecule has 1 aromatic carbocycles. The van der Waals surface area contributed by atoms with Gasteiger partial charge in [0.1, 0.15) is 5.82 Å². The van der Waals surface area contributed by atoms with Gasteiger partial charge in [-0.05, 0) is 49.4 Å². The quantitative estimate of drug-likeness (QED) is 0.867. The van der Waals surface area contributed by atoms with E-state index in [1.165, 1.54) is 0 Å². The van der Waals surface area contributed by atoms with Crippen molar-refractivity contribution in [3.05, 3.63) is 39.8 Å². The highest BCUT2D eigenvalue weighted by molar-refractivity contribution is 5.89. The molecule has 0 aliphatic rings. The van der Waals surface area contributed by atoms with Gasteiger partial charge in [-0.3, -0.25) is 0 Å². The maximum absolute atomic E-state index is 14.5. The second-order valence-corrected chi connectivity index (χ2v) is 5.35. The number of aliphatic hydroxyl groups is 1. The minimum absolute atomic E-state index is 0.157. The molecule has 2 rings (SSSR count). The second kappa shape index (κ2) is 6.24. The third-order valence-corrected chi connectivity index (χ3v) is 3.93. The smallest absolute Gasteiger partial charge is 0.135 e. The van der Waals surface area contributed by atoms with Gasteiger partial charge in [-0.25, -0.2) is 9.37 Å². The van der Waals surface area contributed by atoms with E-state index in [1.807, 2.05) is 6.92 Å². The van der Waals surface area contributed by atoms with Crippen LogP contribution in [0.15, 0.2) is 6.07 Å². The predicted octanol–water partition coefficient (Wildman–Crippen LogP) is 3.81. The monoisotopic (exact) mass is 285 g/mol. The topological polar surface area (TPSA) is 33.1 Å². The lowest BCUT2D eigenvalue weighted by molar-refractivity contribution is 0.275. The molecular weight excluding hydrogens is 265 g/mol. The van der Waals surface area contributed by atoms with Crippen molar-refractivity contribution in [1.29, 1.82) is 0 Å². The molecule has 1 aromatic heterocycles. The Morgan fingerprint density at radius 2 is 2.10 bits per heavy atom. The Balaban J connectivity index is 2.86. The van der Waals surface area contributed by atoms with Crippen LogP contribution < -0.4 is 0 Å². The normalized spacial score (nSPS) is 10.9. The highest BCUT2D eigenvalue weighted by atomic mass is 19.1. The summed E-state index contributed by atoms with van der Waals surface area (Å²) in [6, 6.07) is 1.64. The van der Waals surface area contributed by atoms with Crippen LogP contribution in [-0.4, -0.2) is 10.1 Å². The van der Waals surface area contributed by atoms with E-state index in [4.69, 9.17) is 6.42 Å². The van der Waals surface area contributed by atoms with E-state index in [9.17, 15) is 9.50 Å². The van der Waals surface area contributed by atoms with Crippen molar-refractivity contribution in [2.75, 3.05) is 0 Å². The number of aliphatic hydroxyl groups excluding tert-OH is 1. The minimum atomic E-state index is -0.267. The summed E-state index contributed by atoms with van der Waals surface area (Å²) in [5, 5.41) is 10.1. The standard InChI is InChI=1S/C18H20FNO/c1-5-7-8-14-12(4)16-17(19)11(3)9-13(6-2)18(16)20-15(14)10-21/h2,9,21H,5,7-8,10H2,1,3-4H3. The number of benzene rings is 1. The van der Waals surface area contributed by atoms with Crippen molar-refractivity contribution in [3.63, 3.8) is 0 Å². The zero-order valence-electron chi connectivity index (χ0n) is 12.8. The van der Waals surface area contributed by atoms with E-state index >= 15 is 0 Å². The van der Waals surface area contributed by atoms with Crippen molar-refractivity contribution in [2.45, 2.75) is 46.6 Å². The van der Waals surface area contributed by atoms with Crippen molar-refractivity contribution in [2.24, 2.45) is 0 Å². The zero-order chi connectivity index (χ0) is 15.6. The molecule has 3 heteroatoms. The lowest BCUT2D eigenvalue weighted by Gasteiger charge is -2.16. The molecule has 110 valence electrons. The van der Waals surface area contributed by atoms with Gasteiger partial charge in [0, 0.05) is 5.39 Å². The van der Waals surface area contributed by atoms with Gasteiger partial charge in [0.05, 0.1) is 23.4 Å². The van der Waals surface area contributed by atoms with Gasteiger partial charge >= 0.3 is 0 Å². The molecule has 0 atom stereocenters. The van der Waals surface area contributed by atoms with Crippen LogP contribution in [0.3, 0.4) is 0 Å². The maximum Gasteiger partial charge on any atom is 0.135 e. The number of hydrogen-bond acceptors (Lipinski definition) is 2. The summed E-state index contributed by atoms with van der Waals surface area (Å²) in [5.41, 5.74) is 3.97. The fourth-order valence-electron chi connectivity index (χ4n) is 2.74. The molecule has 0 unspecified atom stereocenters. The Bertz CT molecular complexity index is 729. The number of pyridine rings is 1. The maximum atomic E-state index is 14.5. The molecule has 0 radical (unpaired) electrons. The van der Waals surface area contributed by atoms with Crippen LogP contribution in [0.4, 0.5) is 4.39 Å². The molecule has 2 aromatic rings. The van der Waals surface area contributed by atoms with Crippen LogP contribution >= 0.6 is 0 Å². The predicted molar refractivity (Wildman–Crippen MR) is 83.6 cm³/mol. The summed E-state index contributed by atoms with van der Waals surface area (Å²) >= 11 is 0. The molecule has 2 nitrogen and oxygen atoms in total. The van der Waals surface area contributed by atoms with Crippen molar-refractivity contribution < 1.29 is 9.50 Å². The molecule has 0 fully saturated rings. The fourth-order valence-corrected chi connectivity index (χ4v) is 2.74. The van der Waals surface area contributed by atoms with E-state index in [0.29, 0.717) is 27.7 Å². The van der Waals surface area contributed by atoms with E-state index in [0.717, 1.165) is 30.4 Å². The van der Waals surface area contributed by atoms with Crippen molar-refractivity contribution >= 4 is 10.9 Å². The number of halogens is 1. The molecule has 0 saturated heterocycles. The number of aryl methyl sites for hydroxylation is 2. The van der Waals surface area contributed by atoms with Crippen LogP contribution in [0.25, 0.3) is 10.9 Å².